The number of rotatable bonds is 7. The van der Waals surface area contributed by atoms with Crippen LogP contribution in [0.5, 0.6) is 0 Å². The topological polar surface area (TPSA) is 52.6 Å². The van der Waals surface area contributed by atoms with Crippen LogP contribution in [0.25, 0.3) is 0 Å². The average Bonchev–Trinajstić information content (AvgIpc) is 2.78. The fourth-order valence-electron chi connectivity index (χ4n) is 4.21. The highest BCUT2D eigenvalue weighted by Crippen LogP contribution is 2.73. The minimum atomic E-state index is -3.48. The van der Waals surface area contributed by atoms with Crippen LogP contribution < -0.4 is 0 Å². The van der Waals surface area contributed by atoms with Crippen LogP contribution in [0.15, 0.2) is 0 Å². The van der Waals surface area contributed by atoms with E-state index < -0.39 is 18.7 Å². The second-order valence-corrected chi connectivity index (χ2v) is 10.3. The highest BCUT2D eigenvalue weighted by atomic mass is 31.2. The zero-order valence-electron chi connectivity index (χ0n) is 15.7. The van der Waals surface area contributed by atoms with Crippen molar-refractivity contribution in [3.8, 4) is 0 Å². The van der Waals surface area contributed by atoms with Gasteiger partial charge >= 0.3 is 7.60 Å². The summed E-state index contributed by atoms with van der Waals surface area (Å²) in [5.74, 6) is 0.174. The summed E-state index contributed by atoms with van der Waals surface area (Å²) < 4.78 is 25.6. The molecule has 2 aliphatic carbocycles. The molecule has 2 aliphatic rings. The van der Waals surface area contributed by atoms with Crippen molar-refractivity contribution in [1.29, 1.82) is 0 Å². The summed E-state index contributed by atoms with van der Waals surface area (Å²) in [5, 5.41) is 0. The third-order valence-corrected chi connectivity index (χ3v) is 9.23. The lowest BCUT2D eigenvalue weighted by Crippen LogP contribution is -2.36. The van der Waals surface area contributed by atoms with Gasteiger partial charge in [-0.3, -0.25) is 9.36 Å². The van der Waals surface area contributed by atoms with Gasteiger partial charge in [-0.2, -0.15) is 0 Å². The number of ketones is 1. The number of hydrogen-bond acceptors (Lipinski definition) is 4. The van der Waals surface area contributed by atoms with Crippen LogP contribution in [-0.4, -0.2) is 23.7 Å². The van der Waals surface area contributed by atoms with Crippen LogP contribution in [0.4, 0.5) is 0 Å². The van der Waals surface area contributed by atoms with E-state index >= 15 is 0 Å². The molecule has 5 atom stereocenters. The number of carbonyl (C=O) groups is 1. The molecular formula is C18H33O4P. The molecule has 23 heavy (non-hydrogen) atoms. The first kappa shape index (κ1) is 19.1. The van der Waals surface area contributed by atoms with Crippen molar-refractivity contribution < 1.29 is 18.4 Å². The molecule has 0 aromatic rings. The molecule has 0 saturated heterocycles. The van der Waals surface area contributed by atoms with Gasteiger partial charge in [-0.25, -0.2) is 0 Å². The molecule has 2 unspecified atom stereocenters. The van der Waals surface area contributed by atoms with Gasteiger partial charge in [-0.15, -0.1) is 0 Å². The maximum Gasteiger partial charge on any atom is 0.341 e. The van der Waals surface area contributed by atoms with Crippen molar-refractivity contribution >= 4 is 13.4 Å². The van der Waals surface area contributed by atoms with Crippen LogP contribution in [0.1, 0.15) is 74.1 Å². The number of hydrogen-bond donors (Lipinski definition) is 0. The molecule has 134 valence electrons. The Morgan fingerprint density at radius 2 is 1.61 bits per heavy atom. The van der Waals surface area contributed by atoms with Crippen LogP contribution in [0.2, 0.25) is 0 Å². The Morgan fingerprint density at radius 1 is 1.13 bits per heavy atom. The molecule has 0 radical (unpaired) electrons. The third-order valence-electron chi connectivity index (χ3n) is 6.64. The summed E-state index contributed by atoms with van der Waals surface area (Å²) in [7, 11) is -3.48. The third kappa shape index (κ3) is 2.85. The molecule has 0 aromatic heterocycles. The van der Waals surface area contributed by atoms with Gasteiger partial charge in [-0.05, 0) is 50.9 Å². The van der Waals surface area contributed by atoms with Gasteiger partial charge in [0.2, 0.25) is 0 Å². The van der Waals surface area contributed by atoms with E-state index in [1.54, 1.807) is 0 Å². The highest BCUT2D eigenvalue weighted by Gasteiger charge is 2.71. The smallest absolute Gasteiger partial charge is 0.305 e. The number of carbonyl (C=O) groups excluding carboxylic acids is 1. The molecule has 4 nitrogen and oxygen atoms in total. The molecule has 5 heteroatoms. The normalized spacial score (nSPS) is 37.6. The summed E-state index contributed by atoms with van der Waals surface area (Å²) in [6.45, 7) is 14.1. The Balaban J connectivity index is 2.40. The Labute approximate surface area is 141 Å². The quantitative estimate of drug-likeness (QED) is 0.595. The van der Waals surface area contributed by atoms with Gasteiger partial charge in [0.25, 0.3) is 0 Å². The molecule has 2 saturated carbocycles. The second kappa shape index (κ2) is 6.28. The highest BCUT2D eigenvalue weighted by molar-refractivity contribution is 7.56. The predicted octanol–water partition coefficient (Wildman–Crippen LogP) is 5.20. The predicted molar refractivity (Wildman–Crippen MR) is 92.7 cm³/mol. The van der Waals surface area contributed by atoms with Crippen LogP contribution in [-0.2, 0) is 18.4 Å². The Bertz CT molecular complexity index is 499. The van der Waals surface area contributed by atoms with E-state index in [1.165, 1.54) is 0 Å². The van der Waals surface area contributed by atoms with E-state index in [-0.39, 0.29) is 29.3 Å². The standard InChI is InChI=1S/C18H33O4P/c1-8-12(3)21-23(20,22-13(4)9-2)15-14-10-11-18(7,16(15)19)17(14,5)6/h12-15H,8-11H2,1-7H3/t12?,13?,14-,15+,18-,23?/m0/s1. The van der Waals surface area contributed by atoms with Crippen molar-refractivity contribution in [2.24, 2.45) is 16.7 Å². The molecule has 0 N–H and O–H groups in total. The van der Waals surface area contributed by atoms with E-state index in [0.29, 0.717) is 0 Å². The Hall–Kier alpha value is -0.180. The number of fused-ring (bicyclic) bond motifs is 2. The molecule has 0 amide bonds. The summed E-state index contributed by atoms with van der Waals surface area (Å²) in [6, 6.07) is 0. The monoisotopic (exact) mass is 344 g/mol. The maximum absolute atomic E-state index is 13.7. The fraction of sp³-hybridized carbons (Fsp3) is 0.944. The van der Waals surface area contributed by atoms with Crippen molar-refractivity contribution in [1.82, 2.24) is 0 Å². The van der Waals surface area contributed by atoms with Crippen molar-refractivity contribution in [3.05, 3.63) is 0 Å². The largest absolute Gasteiger partial charge is 0.341 e. The summed E-state index contributed by atoms with van der Waals surface area (Å²) >= 11 is 0. The summed E-state index contributed by atoms with van der Waals surface area (Å²) in [5.41, 5.74) is -1.16. The van der Waals surface area contributed by atoms with E-state index in [2.05, 4.69) is 13.8 Å². The van der Waals surface area contributed by atoms with E-state index in [4.69, 9.17) is 9.05 Å². The van der Waals surface area contributed by atoms with Crippen molar-refractivity contribution in [2.75, 3.05) is 0 Å². The average molecular weight is 344 g/mol. The summed E-state index contributed by atoms with van der Waals surface area (Å²) in [4.78, 5) is 13.2. The van der Waals surface area contributed by atoms with Crippen molar-refractivity contribution in [3.63, 3.8) is 0 Å². The van der Waals surface area contributed by atoms with Gasteiger partial charge in [0.1, 0.15) is 5.66 Å². The maximum atomic E-state index is 13.7. The van der Waals surface area contributed by atoms with E-state index in [1.807, 2.05) is 34.6 Å². The van der Waals surface area contributed by atoms with E-state index in [9.17, 15) is 9.36 Å². The molecular weight excluding hydrogens is 311 g/mol. The SMILES string of the molecule is CCC(C)OP(=O)(OC(C)CC)[C@H]1C(=O)[C@]2(C)CC[C@@H]1C2(C)C. The van der Waals surface area contributed by atoms with Crippen LogP contribution in [0.3, 0.4) is 0 Å². The second-order valence-electron chi connectivity index (χ2n) is 8.20. The van der Waals surface area contributed by atoms with E-state index in [0.717, 1.165) is 25.7 Å². The first-order chi connectivity index (χ1) is 10.5. The minimum Gasteiger partial charge on any atom is -0.305 e. The zero-order valence-corrected chi connectivity index (χ0v) is 16.6. The van der Waals surface area contributed by atoms with Gasteiger partial charge < -0.3 is 9.05 Å². The van der Waals surface area contributed by atoms with Gasteiger partial charge in [-0.1, -0.05) is 34.6 Å². The van der Waals surface area contributed by atoms with Gasteiger partial charge in [0.15, 0.2) is 5.78 Å². The molecule has 0 aromatic carbocycles. The summed E-state index contributed by atoms with van der Waals surface area (Å²) in [6.07, 6.45) is 2.96. The fourth-order valence-corrected chi connectivity index (χ4v) is 7.36. The van der Waals surface area contributed by atoms with Gasteiger partial charge in [0.05, 0.1) is 12.2 Å². The molecule has 0 spiro atoms. The first-order valence-corrected chi connectivity index (χ1v) is 10.7. The molecule has 2 fully saturated rings. The Morgan fingerprint density at radius 3 is 1.96 bits per heavy atom. The lowest BCUT2D eigenvalue weighted by molar-refractivity contribution is -0.128. The molecule has 0 heterocycles. The lowest BCUT2D eigenvalue weighted by atomic mass is 9.70. The zero-order chi connectivity index (χ0) is 17.6. The number of Topliss-reactive ketones (excluding diaryl/α,β-unsaturated/α-hetero) is 1. The molecule has 2 rings (SSSR count). The van der Waals surface area contributed by atoms with Gasteiger partial charge in [0, 0.05) is 5.41 Å². The molecule has 2 bridgehead atoms. The lowest BCUT2D eigenvalue weighted by Gasteiger charge is -2.33. The van der Waals surface area contributed by atoms with Crippen LogP contribution in [0, 0.1) is 16.7 Å². The van der Waals surface area contributed by atoms with Crippen LogP contribution >= 0.6 is 7.60 Å². The Kier molecular flexibility index (Phi) is 5.23. The first-order valence-electron chi connectivity index (χ1n) is 9.04. The van der Waals surface area contributed by atoms with Crippen molar-refractivity contribution in [2.45, 2.75) is 92.0 Å². The minimum absolute atomic E-state index is 0.0824. The molecule has 0 aliphatic heterocycles.